The SMILES string of the molecule is CCCCn1c(-c2cccs2)ccc(CO)c1=O. The first-order valence-electron chi connectivity index (χ1n) is 6.15. The van der Waals surface area contributed by atoms with E-state index in [0.717, 1.165) is 23.4 Å². The number of aromatic nitrogens is 1. The van der Waals surface area contributed by atoms with E-state index in [4.69, 9.17) is 0 Å². The molecule has 0 aromatic carbocycles. The standard InChI is InChI=1S/C14H17NO2S/c1-2-3-8-15-12(13-5-4-9-18-13)7-6-11(10-16)14(15)17/h4-7,9,16H,2-3,8,10H2,1H3. The minimum Gasteiger partial charge on any atom is -0.391 e. The van der Waals surface area contributed by atoms with Crippen molar-refractivity contribution in [3.05, 3.63) is 45.6 Å². The Morgan fingerprint density at radius 2 is 2.17 bits per heavy atom. The second-order valence-corrected chi connectivity index (χ2v) is 5.14. The Bertz CT molecular complexity index is 558. The lowest BCUT2D eigenvalue weighted by atomic mass is 10.2. The van der Waals surface area contributed by atoms with Crippen LogP contribution in [0.2, 0.25) is 0 Å². The third-order valence-corrected chi connectivity index (χ3v) is 3.82. The summed E-state index contributed by atoms with van der Waals surface area (Å²) in [7, 11) is 0. The molecule has 0 radical (unpaired) electrons. The number of aliphatic hydroxyl groups is 1. The Balaban J connectivity index is 2.52. The molecule has 2 rings (SSSR count). The molecule has 0 spiro atoms. The first kappa shape index (κ1) is 13.1. The molecule has 0 saturated carbocycles. The molecule has 0 saturated heterocycles. The molecule has 0 aliphatic heterocycles. The van der Waals surface area contributed by atoms with Gasteiger partial charge in [-0.05, 0) is 30.0 Å². The first-order chi connectivity index (χ1) is 8.77. The summed E-state index contributed by atoms with van der Waals surface area (Å²) in [4.78, 5) is 13.3. The number of nitrogens with zero attached hydrogens (tertiary/aromatic N) is 1. The van der Waals surface area contributed by atoms with Crippen molar-refractivity contribution >= 4 is 11.3 Å². The lowest BCUT2D eigenvalue weighted by Gasteiger charge is -2.12. The number of thiophene rings is 1. The van der Waals surface area contributed by atoms with Gasteiger partial charge in [-0.15, -0.1) is 11.3 Å². The summed E-state index contributed by atoms with van der Waals surface area (Å²) in [5.41, 5.74) is 1.34. The summed E-state index contributed by atoms with van der Waals surface area (Å²) in [6.45, 7) is 2.61. The fraction of sp³-hybridized carbons (Fsp3) is 0.357. The lowest BCUT2D eigenvalue weighted by molar-refractivity contribution is 0.279. The fourth-order valence-corrected chi connectivity index (χ4v) is 2.68. The molecule has 2 aromatic rings. The first-order valence-corrected chi connectivity index (χ1v) is 7.03. The molecular formula is C14H17NO2S. The molecule has 0 amide bonds. The molecule has 0 bridgehead atoms. The number of hydrogen-bond donors (Lipinski definition) is 1. The second kappa shape index (κ2) is 5.98. The highest BCUT2D eigenvalue weighted by Crippen LogP contribution is 2.24. The third-order valence-electron chi connectivity index (χ3n) is 2.93. The number of unbranched alkanes of at least 4 members (excludes halogenated alkanes) is 1. The van der Waals surface area contributed by atoms with Gasteiger partial charge in [-0.3, -0.25) is 4.79 Å². The van der Waals surface area contributed by atoms with Gasteiger partial charge in [-0.25, -0.2) is 0 Å². The Kier molecular flexibility index (Phi) is 4.33. The zero-order valence-electron chi connectivity index (χ0n) is 10.4. The highest BCUT2D eigenvalue weighted by atomic mass is 32.1. The predicted octanol–water partition coefficient (Wildman–Crippen LogP) is 2.87. The number of hydrogen-bond acceptors (Lipinski definition) is 3. The smallest absolute Gasteiger partial charge is 0.256 e. The molecule has 18 heavy (non-hydrogen) atoms. The minimum atomic E-state index is -0.199. The van der Waals surface area contributed by atoms with E-state index < -0.39 is 0 Å². The molecular weight excluding hydrogens is 246 g/mol. The van der Waals surface area contributed by atoms with E-state index in [2.05, 4.69) is 6.92 Å². The normalized spacial score (nSPS) is 10.8. The van der Waals surface area contributed by atoms with Crippen molar-refractivity contribution in [2.45, 2.75) is 32.9 Å². The molecule has 1 N–H and O–H groups in total. The summed E-state index contributed by atoms with van der Waals surface area (Å²) in [5, 5.41) is 11.2. The third kappa shape index (κ3) is 2.54. The Hall–Kier alpha value is -1.39. The summed E-state index contributed by atoms with van der Waals surface area (Å²) < 4.78 is 1.78. The Labute approximate surface area is 110 Å². The van der Waals surface area contributed by atoms with Crippen LogP contribution in [0.5, 0.6) is 0 Å². The van der Waals surface area contributed by atoms with Gasteiger partial charge in [0.15, 0.2) is 0 Å². The zero-order valence-corrected chi connectivity index (χ0v) is 11.2. The van der Waals surface area contributed by atoms with E-state index in [-0.39, 0.29) is 12.2 Å². The largest absolute Gasteiger partial charge is 0.391 e. The van der Waals surface area contributed by atoms with Crippen molar-refractivity contribution in [1.82, 2.24) is 4.57 Å². The molecule has 2 aromatic heterocycles. The van der Waals surface area contributed by atoms with E-state index in [0.29, 0.717) is 12.1 Å². The maximum Gasteiger partial charge on any atom is 0.256 e. The van der Waals surface area contributed by atoms with Crippen LogP contribution in [-0.2, 0) is 13.2 Å². The topological polar surface area (TPSA) is 42.2 Å². The molecule has 0 atom stereocenters. The van der Waals surface area contributed by atoms with Crippen LogP contribution in [0.1, 0.15) is 25.3 Å². The van der Waals surface area contributed by atoms with Crippen molar-refractivity contribution < 1.29 is 5.11 Å². The molecule has 0 aliphatic rings. The highest BCUT2D eigenvalue weighted by Gasteiger charge is 2.10. The van der Waals surface area contributed by atoms with Crippen molar-refractivity contribution in [3.8, 4) is 10.6 Å². The summed E-state index contributed by atoms with van der Waals surface area (Å²) in [6.07, 6.45) is 2.01. The van der Waals surface area contributed by atoms with Crippen molar-refractivity contribution in [1.29, 1.82) is 0 Å². The molecule has 3 nitrogen and oxygen atoms in total. The van der Waals surface area contributed by atoms with Crippen molar-refractivity contribution in [2.24, 2.45) is 0 Å². The van der Waals surface area contributed by atoms with Crippen molar-refractivity contribution in [2.75, 3.05) is 0 Å². The molecule has 0 aliphatic carbocycles. The van der Waals surface area contributed by atoms with Crippen LogP contribution in [0.3, 0.4) is 0 Å². The predicted molar refractivity (Wildman–Crippen MR) is 74.8 cm³/mol. The van der Waals surface area contributed by atoms with E-state index in [9.17, 15) is 9.90 Å². The average Bonchev–Trinajstić information content (AvgIpc) is 2.90. The van der Waals surface area contributed by atoms with Gasteiger partial charge in [0.05, 0.1) is 17.2 Å². The maximum absolute atomic E-state index is 12.2. The van der Waals surface area contributed by atoms with Gasteiger partial charge < -0.3 is 9.67 Å². The monoisotopic (exact) mass is 263 g/mol. The highest BCUT2D eigenvalue weighted by molar-refractivity contribution is 7.13. The van der Waals surface area contributed by atoms with Gasteiger partial charge in [-0.1, -0.05) is 19.4 Å². The maximum atomic E-state index is 12.2. The average molecular weight is 263 g/mol. The van der Waals surface area contributed by atoms with E-state index >= 15 is 0 Å². The van der Waals surface area contributed by atoms with Gasteiger partial charge in [0.25, 0.3) is 5.56 Å². The van der Waals surface area contributed by atoms with Gasteiger partial charge in [0, 0.05) is 12.1 Å². The van der Waals surface area contributed by atoms with Crippen LogP contribution < -0.4 is 5.56 Å². The lowest BCUT2D eigenvalue weighted by Crippen LogP contribution is -2.25. The van der Waals surface area contributed by atoms with Crippen molar-refractivity contribution in [3.63, 3.8) is 0 Å². The molecule has 0 fully saturated rings. The van der Waals surface area contributed by atoms with Gasteiger partial charge >= 0.3 is 0 Å². The number of rotatable bonds is 5. The van der Waals surface area contributed by atoms with Gasteiger partial charge in [-0.2, -0.15) is 0 Å². The zero-order chi connectivity index (χ0) is 13.0. The number of pyridine rings is 1. The quantitative estimate of drug-likeness (QED) is 0.901. The van der Waals surface area contributed by atoms with Gasteiger partial charge in [0.1, 0.15) is 0 Å². The fourth-order valence-electron chi connectivity index (χ4n) is 1.92. The van der Waals surface area contributed by atoms with Crippen LogP contribution in [0.4, 0.5) is 0 Å². The van der Waals surface area contributed by atoms with Crippen LogP contribution in [0.25, 0.3) is 10.6 Å². The van der Waals surface area contributed by atoms with E-state index in [1.54, 1.807) is 22.0 Å². The number of aliphatic hydroxyl groups excluding tert-OH is 1. The Morgan fingerprint density at radius 1 is 1.33 bits per heavy atom. The Morgan fingerprint density at radius 3 is 2.78 bits per heavy atom. The van der Waals surface area contributed by atoms with Crippen LogP contribution in [0, 0.1) is 0 Å². The summed E-state index contributed by atoms with van der Waals surface area (Å²) in [5.74, 6) is 0. The molecule has 2 heterocycles. The van der Waals surface area contributed by atoms with Crippen LogP contribution in [0.15, 0.2) is 34.4 Å². The summed E-state index contributed by atoms with van der Waals surface area (Å²) in [6, 6.07) is 7.64. The molecule has 4 heteroatoms. The second-order valence-electron chi connectivity index (χ2n) is 4.19. The van der Waals surface area contributed by atoms with Crippen LogP contribution in [-0.4, -0.2) is 9.67 Å². The summed E-state index contributed by atoms with van der Waals surface area (Å²) >= 11 is 1.62. The van der Waals surface area contributed by atoms with E-state index in [1.807, 2.05) is 23.6 Å². The van der Waals surface area contributed by atoms with E-state index in [1.165, 1.54) is 0 Å². The van der Waals surface area contributed by atoms with Gasteiger partial charge in [0.2, 0.25) is 0 Å². The molecule has 0 unspecified atom stereocenters. The van der Waals surface area contributed by atoms with Crippen LogP contribution >= 0.6 is 11.3 Å². The molecule has 96 valence electrons. The minimum absolute atomic E-state index is 0.0724.